The van der Waals surface area contributed by atoms with Gasteiger partial charge in [-0.05, 0) is 26.3 Å². The van der Waals surface area contributed by atoms with Crippen molar-refractivity contribution in [2.24, 2.45) is 5.41 Å². The molecule has 2 unspecified atom stereocenters. The van der Waals surface area contributed by atoms with Crippen LogP contribution in [-0.2, 0) is 9.53 Å². The maximum Gasteiger partial charge on any atom is 0.310 e. The van der Waals surface area contributed by atoms with Gasteiger partial charge >= 0.3 is 5.97 Å². The second-order valence-electron chi connectivity index (χ2n) is 4.60. The predicted octanol–water partition coefficient (Wildman–Crippen LogP) is 0.572. The summed E-state index contributed by atoms with van der Waals surface area (Å²) in [6.45, 7) is 5.01. The fraction of sp³-hybridized carbons (Fsp3) is 0.900. The first-order valence-corrected chi connectivity index (χ1v) is 5.17. The van der Waals surface area contributed by atoms with Crippen LogP contribution in [0.3, 0.4) is 0 Å². The fourth-order valence-corrected chi connectivity index (χ4v) is 2.29. The van der Waals surface area contributed by atoms with Crippen molar-refractivity contribution in [3.05, 3.63) is 0 Å². The number of hydrogen-bond donors (Lipinski definition) is 1. The van der Waals surface area contributed by atoms with Crippen molar-refractivity contribution < 1.29 is 14.6 Å². The quantitative estimate of drug-likeness (QED) is 0.706. The minimum absolute atomic E-state index is 0.455. The highest BCUT2D eigenvalue weighted by Crippen LogP contribution is 2.32. The smallest absolute Gasteiger partial charge is 0.310 e. The number of likely N-dealkylation sites (tertiary alicyclic amines) is 1. The van der Waals surface area contributed by atoms with Crippen LogP contribution in [0.1, 0.15) is 19.8 Å². The third kappa shape index (κ3) is 1.64. The number of hydrogen-bond acceptors (Lipinski definition) is 3. The van der Waals surface area contributed by atoms with Crippen LogP contribution in [0.5, 0.6) is 0 Å². The average molecular weight is 199 g/mol. The molecule has 0 bridgehead atoms. The van der Waals surface area contributed by atoms with Gasteiger partial charge in [-0.1, -0.05) is 0 Å². The molecule has 80 valence electrons. The lowest BCUT2D eigenvalue weighted by Gasteiger charge is -2.24. The van der Waals surface area contributed by atoms with E-state index in [1.807, 2.05) is 6.92 Å². The summed E-state index contributed by atoms with van der Waals surface area (Å²) in [6, 6.07) is 0.455. The Balaban J connectivity index is 1.96. The summed E-state index contributed by atoms with van der Waals surface area (Å²) >= 11 is 0. The highest BCUT2D eigenvalue weighted by atomic mass is 16.5. The molecule has 4 heteroatoms. The number of nitrogens with zero attached hydrogens (tertiary/aromatic N) is 1. The molecule has 2 fully saturated rings. The Morgan fingerprint density at radius 2 is 2.43 bits per heavy atom. The molecule has 0 aliphatic carbocycles. The normalized spacial score (nSPS) is 39.1. The molecule has 0 aromatic rings. The molecule has 0 aromatic carbocycles. The lowest BCUT2D eigenvalue weighted by Crippen LogP contribution is -2.37. The molecule has 2 saturated heterocycles. The SMILES string of the molecule is CC1(C(=O)O)CCN(C2CCOC2)C1. The monoisotopic (exact) mass is 199 g/mol. The molecular weight excluding hydrogens is 182 g/mol. The predicted molar refractivity (Wildman–Crippen MR) is 51.2 cm³/mol. The molecule has 2 rings (SSSR count). The van der Waals surface area contributed by atoms with Gasteiger partial charge in [0.1, 0.15) is 0 Å². The standard InChI is InChI=1S/C10H17NO3/c1-10(9(12)13)3-4-11(7-10)8-2-5-14-6-8/h8H,2-7H2,1H3,(H,12,13). The van der Waals surface area contributed by atoms with Gasteiger partial charge in [0.05, 0.1) is 12.0 Å². The van der Waals surface area contributed by atoms with Crippen molar-refractivity contribution in [1.29, 1.82) is 0 Å². The van der Waals surface area contributed by atoms with Crippen molar-refractivity contribution in [2.45, 2.75) is 25.8 Å². The number of carboxylic acids is 1. The molecular formula is C10H17NO3. The van der Waals surface area contributed by atoms with Crippen molar-refractivity contribution >= 4 is 5.97 Å². The van der Waals surface area contributed by atoms with E-state index in [2.05, 4.69) is 4.90 Å². The minimum Gasteiger partial charge on any atom is -0.481 e. The molecule has 0 saturated carbocycles. The molecule has 2 atom stereocenters. The van der Waals surface area contributed by atoms with Gasteiger partial charge in [0, 0.05) is 19.2 Å². The third-order valence-corrected chi connectivity index (χ3v) is 3.44. The highest BCUT2D eigenvalue weighted by molar-refractivity contribution is 5.74. The first-order valence-electron chi connectivity index (χ1n) is 5.17. The number of rotatable bonds is 2. The van der Waals surface area contributed by atoms with Gasteiger partial charge < -0.3 is 9.84 Å². The van der Waals surface area contributed by atoms with Gasteiger partial charge in [-0.15, -0.1) is 0 Å². The Kier molecular flexibility index (Phi) is 2.49. The lowest BCUT2D eigenvalue weighted by atomic mass is 9.90. The number of carbonyl (C=O) groups is 1. The molecule has 0 spiro atoms. The van der Waals surface area contributed by atoms with Crippen LogP contribution in [0, 0.1) is 5.41 Å². The molecule has 1 N–H and O–H groups in total. The Labute approximate surface area is 83.8 Å². The number of carboxylic acid groups (broad SMARTS) is 1. The van der Waals surface area contributed by atoms with Gasteiger partial charge in [-0.2, -0.15) is 0 Å². The van der Waals surface area contributed by atoms with E-state index in [4.69, 9.17) is 9.84 Å². The molecule has 2 heterocycles. The van der Waals surface area contributed by atoms with Crippen LogP contribution >= 0.6 is 0 Å². The molecule has 14 heavy (non-hydrogen) atoms. The van der Waals surface area contributed by atoms with Crippen LogP contribution in [0.2, 0.25) is 0 Å². The molecule has 2 aliphatic heterocycles. The van der Waals surface area contributed by atoms with Gasteiger partial charge in [0.15, 0.2) is 0 Å². The van der Waals surface area contributed by atoms with Crippen LogP contribution < -0.4 is 0 Å². The maximum atomic E-state index is 11.0. The van der Waals surface area contributed by atoms with Crippen molar-refractivity contribution in [3.8, 4) is 0 Å². The van der Waals surface area contributed by atoms with Gasteiger partial charge in [0.25, 0.3) is 0 Å². The minimum atomic E-state index is -0.668. The number of ether oxygens (including phenoxy) is 1. The Morgan fingerprint density at radius 3 is 2.93 bits per heavy atom. The first kappa shape index (κ1) is 9.93. The summed E-state index contributed by atoms with van der Waals surface area (Å²) in [5.41, 5.74) is -0.539. The molecule has 0 aromatic heterocycles. The highest BCUT2D eigenvalue weighted by Gasteiger charge is 2.42. The Morgan fingerprint density at radius 1 is 1.64 bits per heavy atom. The van der Waals surface area contributed by atoms with Crippen molar-refractivity contribution in [2.75, 3.05) is 26.3 Å². The van der Waals surface area contributed by atoms with Crippen LogP contribution in [-0.4, -0.2) is 48.3 Å². The average Bonchev–Trinajstić information content (AvgIpc) is 2.72. The van der Waals surface area contributed by atoms with Crippen LogP contribution in [0.25, 0.3) is 0 Å². The van der Waals surface area contributed by atoms with Gasteiger partial charge in [-0.25, -0.2) is 0 Å². The van der Waals surface area contributed by atoms with E-state index in [9.17, 15) is 4.79 Å². The van der Waals surface area contributed by atoms with Crippen molar-refractivity contribution in [1.82, 2.24) is 4.90 Å². The van der Waals surface area contributed by atoms with Gasteiger partial charge in [0.2, 0.25) is 0 Å². The Bertz CT molecular complexity index is 238. The molecule has 4 nitrogen and oxygen atoms in total. The van der Waals surface area contributed by atoms with E-state index in [-0.39, 0.29) is 0 Å². The van der Waals surface area contributed by atoms with E-state index in [1.54, 1.807) is 0 Å². The summed E-state index contributed by atoms with van der Waals surface area (Å²) in [5, 5.41) is 9.08. The Hall–Kier alpha value is -0.610. The second-order valence-corrected chi connectivity index (χ2v) is 4.60. The fourth-order valence-electron chi connectivity index (χ4n) is 2.29. The van der Waals surface area contributed by atoms with E-state index in [0.717, 1.165) is 32.6 Å². The summed E-state index contributed by atoms with van der Waals surface area (Å²) in [6.07, 6.45) is 1.81. The van der Waals surface area contributed by atoms with E-state index in [1.165, 1.54) is 0 Å². The lowest BCUT2D eigenvalue weighted by molar-refractivity contribution is -0.147. The third-order valence-electron chi connectivity index (χ3n) is 3.44. The second kappa shape index (κ2) is 3.51. The summed E-state index contributed by atoms with van der Waals surface area (Å²) < 4.78 is 5.31. The zero-order valence-corrected chi connectivity index (χ0v) is 8.53. The topological polar surface area (TPSA) is 49.8 Å². The molecule has 2 aliphatic rings. The number of aliphatic carboxylic acids is 1. The molecule has 0 amide bonds. The molecule has 0 radical (unpaired) electrons. The maximum absolute atomic E-state index is 11.0. The summed E-state index contributed by atoms with van der Waals surface area (Å²) in [5.74, 6) is -0.668. The van der Waals surface area contributed by atoms with E-state index < -0.39 is 11.4 Å². The largest absolute Gasteiger partial charge is 0.481 e. The zero-order valence-electron chi connectivity index (χ0n) is 8.53. The van der Waals surface area contributed by atoms with Crippen LogP contribution in [0.4, 0.5) is 0 Å². The van der Waals surface area contributed by atoms with Gasteiger partial charge in [-0.3, -0.25) is 9.69 Å². The van der Waals surface area contributed by atoms with E-state index in [0.29, 0.717) is 12.6 Å². The summed E-state index contributed by atoms with van der Waals surface area (Å²) in [7, 11) is 0. The van der Waals surface area contributed by atoms with Crippen LogP contribution in [0.15, 0.2) is 0 Å². The zero-order chi connectivity index (χ0) is 10.2. The van der Waals surface area contributed by atoms with Crippen molar-refractivity contribution in [3.63, 3.8) is 0 Å². The summed E-state index contributed by atoms with van der Waals surface area (Å²) in [4.78, 5) is 13.3. The van der Waals surface area contributed by atoms with E-state index >= 15 is 0 Å². The first-order chi connectivity index (χ1) is 6.62.